The maximum absolute atomic E-state index is 12.3. The van der Waals surface area contributed by atoms with Gasteiger partial charge in [-0.3, -0.25) is 14.3 Å². The highest BCUT2D eigenvalue weighted by atomic mass is 16.2. The smallest absolute Gasteiger partial charge is 0.270 e. The van der Waals surface area contributed by atoms with E-state index in [9.17, 15) is 9.59 Å². The van der Waals surface area contributed by atoms with Gasteiger partial charge < -0.3 is 11.1 Å². The van der Waals surface area contributed by atoms with Crippen LogP contribution in [0.15, 0.2) is 12.3 Å². The van der Waals surface area contributed by atoms with Gasteiger partial charge in [-0.25, -0.2) is 0 Å². The summed E-state index contributed by atoms with van der Waals surface area (Å²) in [5.74, 6) is -0.600. The lowest BCUT2D eigenvalue weighted by Gasteiger charge is -2.27. The largest absolute Gasteiger partial charge is 0.368 e. The first kappa shape index (κ1) is 15.5. The van der Waals surface area contributed by atoms with Crippen LogP contribution in [0.2, 0.25) is 0 Å². The standard InChI is InChI=1S/C15H24N4O2/c1-19-12(9-10-17-19)15(21)18-13(14(16)20)11-7-5-3-2-4-6-8-11/h9-11,13H,2-8H2,1H3,(H2,16,20)(H,18,21). The molecule has 116 valence electrons. The average molecular weight is 292 g/mol. The van der Waals surface area contributed by atoms with Gasteiger partial charge in [-0.05, 0) is 24.8 Å². The second-order valence-corrected chi connectivity index (χ2v) is 5.80. The Morgan fingerprint density at radius 1 is 1.29 bits per heavy atom. The summed E-state index contributed by atoms with van der Waals surface area (Å²) < 4.78 is 1.49. The minimum atomic E-state index is -0.592. The quantitative estimate of drug-likeness (QED) is 0.878. The van der Waals surface area contributed by atoms with Crippen LogP contribution >= 0.6 is 0 Å². The second-order valence-electron chi connectivity index (χ2n) is 5.80. The number of rotatable bonds is 4. The zero-order valence-corrected chi connectivity index (χ0v) is 12.5. The molecule has 0 radical (unpaired) electrons. The van der Waals surface area contributed by atoms with Gasteiger partial charge in [0.1, 0.15) is 11.7 Å². The van der Waals surface area contributed by atoms with Crippen LogP contribution in [-0.2, 0) is 11.8 Å². The normalized spacial score (nSPS) is 18.5. The Hall–Kier alpha value is -1.85. The molecule has 1 aliphatic carbocycles. The van der Waals surface area contributed by atoms with Crippen LogP contribution in [-0.4, -0.2) is 27.6 Å². The van der Waals surface area contributed by atoms with E-state index in [1.54, 1.807) is 19.3 Å². The van der Waals surface area contributed by atoms with Crippen molar-refractivity contribution >= 4 is 11.8 Å². The van der Waals surface area contributed by atoms with Gasteiger partial charge >= 0.3 is 0 Å². The number of nitrogens with one attached hydrogen (secondary N) is 1. The third kappa shape index (κ3) is 4.06. The molecule has 0 bridgehead atoms. The predicted molar refractivity (Wildman–Crippen MR) is 79.5 cm³/mol. The topological polar surface area (TPSA) is 90.0 Å². The van der Waals surface area contributed by atoms with E-state index in [-0.39, 0.29) is 11.8 Å². The van der Waals surface area contributed by atoms with Gasteiger partial charge in [-0.15, -0.1) is 0 Å². The van der Waals surface area contributed by atoms with Crippen molar-refractivity contribution in [3.8, 4) is 0 Å². The third-order valence-electron chi connectivity index (χ3n) is 4.27. The molecule has 1 aromatic heterocycles. The molecule has 1 atom stereocenters. The molecule has 2 amide bonds. The van der Waals surface area contributed by atoms with Gasteiger partial charge in [-0.2, -0.15) is 5.10 Å². The Bertz CT molecular complexity index is 490. The zero-order valence-electron chi connectivity index (χ0n) is 12.5. The van der Waals surface area contributed by atoms with Crippen LogP contribution in [0.3, 0.4) is 0 Å². The number of hydrogen-bond acceptors (Lipinski definition) is 3. The number of primary amides is 1. The Morgan fingerprint density at radius 3 is 2.43 bits per heavy atom. The molecular weight excluding hydrogens is 268 g/mol. The Balaban J connectivity index is 2.06. The third-order valence-corrected chi connectivity index (χ3v) is 4.27. The van der Waals surface area contributed by atoms with E-state index in [1.807, 2.05) is 0 Å². The molecule has 3 N–H and O–H groups in total. The maximum Gasteiger partial charge on any atom is 0.270 e. The van der Waals surface area contributed by atoms with E-state index in [4.69, 9.17) is 5.73 Å². The lowest BCUT2D eigenvalue weighted by atomic mass is 9.85. The van der Waals surface area contributed by atoms with Crippen molar-refractivity contribution in [3.05, 3.63) is 18.0 Å². The second kappa shape index (κ2) is 7.24. The molecule has 0 spiro atoms. The molecule has 0 aromatic carbocycles. The summed E-state index contributed by atoms with van der Waals surface area (Å²) in [7, 11) is 1.70. The van der Waals surface area contributed by atoms with E-state index in [0.29, 0.717) is 5.69 Å². The van der Waals surface area contributed by atoms with E-state index in [0.717, 1.165) is 25.7 Å². The van der Waals surface area contributed by atoms with E-state index in [2.05, 4.69) is 10.4 Å². The summed E-state index contributed by atoms with van der Waals surface area (Å²) in [6, 6.07) is 1.04. The molecule has 0 saturated heterocycles. The lowest BCUT2D eigenvalue weighted by molar-refractivity contribution is -0.121. The first-order valence-corrected chi connectivity index (χ1v) is 7.68. The minimum absolute atomic E-state index is 0.139. The summed E-state index contributed by atoms with van der Waals surface area (Å²) in [5.41, 5.74) is 5.96. The van der Waals surface area contributed by atoms with Crippen molar-refractivity contribution in [1.29, 1.82) is 0 Å². The van der Waals surface area contributed by atoms with Crippen molar-refractivity contribution in [3.63, 3.8) is 0 Å². The van der Waals surface area contributed by atoms with E-state index in [1.165, 1.54) is 23.9 Å². The van der Waals surface area contributed by atoms with Crippen LogP contribution in [0.5, 0.6) is 0 Å². The number of nitrogens with zero attached hydrogens (tertiary/aromatic N) is 2. The molecule has 0 aliphatic heterocycles. The maximum atomic E-state index is 12.3. The number of nitrogens with two attached hydrogens (primary N) is 1. The summed E-state index contributed by atoms with van der Waals surface area (Å²) in [6.45, 7) is 0. The lowest BCUT2D eigenvalue weighted by Crippen LogP contribution is -2.49. The predicted octanol–water partition coefficient (Wildman–Crippen LogP) is 1.36. The number of aromatic nitrogens is 2. The van der Waals surface area contributed by atoms with Crippen LogP contribution in [0.1, 0.15) is 55.4 Å². The zero-order chi connectivity index (χ0) is 15.2. The monoisotopic (exact) mass is 292 g/mol. The Labute approximate surface area is 125 Å². The van der Waals surface area contributed by atoms with Crippen molar-refractivity contribution in [2.45, 2.75) is 51.0 Å². The molecule has 1 saturated carbocycles. The molecule has 2 rings (SSSR count). The number of carbonyl (C=O) groups is 2. The molecule has 21 heavy (non-hydrogen) atoms. The number of carbonyl (C=O) groups excluding carboxylic acids is 2. The molecule has 1 aromatic rings. The van der Waals surface area contributed by atoms with Crippen LogP contribution in [0, 0.1) is 5.92 Å². The SMILES string of the molecule is Cn1nccc1C(=O)NC(C(N)=O)C1CCCCCCC1. The van der Waals surface area contributed by atoms with Gasteiger partial charge in [0.15, 0.2) is 0 Å². The minimum Gasteiger partial charge on any atom is -0.368 e. The molecule has 6 heteroatoms. The number of hydrogen-bond donors (Lipinski definition) is 2. The van der Waals surface area contributed by atoms with E-state index < -0.39 is 11.9 Å². The fourth-order valence-electron chi connectivity index (χ4n) is 3.05. The van der Waals surface area contributed by atoms with Gasteiger partial charge in [0.2, 0.25) is 5.91 Å². The van der Waals surface area contributed by atoms with Gasteiger partial charge in [-0.1, -0.05) is 32.1 Å². The Morgan fingerprint density at radius 2 is 1.90 bits per heavy atom. The van der Waals surface area contributed by atoms with Gasteiger partial charge in [0, 0.05) is 13.2 Å². The van der Waals surface area contributed by atoms with Crippen molar-refractivity contribution in [1.82, 2.24) is 15.1 Å². The fraction of sp³-hybridized carbons (Fsp3) is 0.667. The molecule has 1 heterocycles. The average Bonchev–Trinajstić information content (AvgIpc) is 2.82. The Kier molecular flexibility index (Phi) is 5.36. The molecule has 6 nitrogen and oxygen atoms in total. The highest BCUT2D eigenvalue weighted by Gasteiger charge is 2.29. The van der Waals surface area contributed by atoms with Crippen LogP contribution < -0.4 is 11.1 Å². The van der Waals surface area contributed by atoms with Crippen molar-refractivity contribution in [2.24, 2.45) is 18.7 Å². The highest BCUT2D eigenvalue weighted by Crippen LogP contribution is 2.25. The summed E-state index contributed by atoms with van der Waals surface area (Å²) in [4.78, 5) is 24.0. The van der Waals surface area contributed by atoms with Crippen molar-refractivity contribution < 1.29 is 9.59 Å². The first-order chi connectivity index (χ1) is 10.1. The van der Waals surface area contributed by atoms with Gasteiger partial charge in [0.25, 0.3) is 5.91 Å². The summed E-state index contributed by atoms with van der Waals surface area (Å²) in [6.07, 6.45) is 9.28. The van der Waals surface area contributed by atoms with Crippen LogP contribution in [0.4, 0.5) is 0 Å². The number of amides is 2. The van der Waals surface area contributed by atoms with Crippen LogP contribution in [0.25, 0.3) is 0 Å². The molecular formula is C15H24N4O2. The summed E-state index contributed by atoms with van der Waals surface area (Å²) >= 11 is 0. The fourth-order valence-corrected chi connectivity index (χ4v) is 3.05. The highest BCUT2D eigenvalue weighted by molar-refractivity contribution is 5.96. The van der Waals surface area contributed by atoms with Gasteiger partial charge in [0.05, 0.1) is 0 Å². The van der Waals surface area contributed by atoms with E-state index >= 15 is 0 Å². The number of aryl methyl sites for hydroxylation is 1. The molecule has 1 aliphatic rings. The molecule has 1 fully saturated rings. The molecule has 1 unspecified atom stereocenters. The van der Waals surface area contributed by atoms with Crippen molar-refractivity contribution in [2.75, 3.05) is 0 Å². The summed E-state index contributed by atoms with van der Waals surface area (Å²) in [5, 5.41) is 6.77. The first-order valence-electron chi connectivity index (χ1n) is 7.68.